The van der Waals surface area contributed by atoms with Gasteiger partial charge in [-0.1, -0.05) is 67.6 Å². The van der Waals surface area contributed by atoms with Crippen LogP contribution in [-0.2, 0) is 17.6 Å². The van der Waals surface area contributed by atoms with E-state index in [1.165, 1.54) is 31.2 Å². The first-order chi connectivity index (χ1) is 17.9. The Bertz CT molecular complexity index is 1070. The van der Waals surface area contributed by atoms with Gasteiger partial charge in [0.05, 0.1) is 10.9 Å². The topological polar surface area (TPSA) is 61.4 Å². The van der Waals surface area contributed by atoms with Crippen LogP contribution in [0.5, 0.6) is 0 Å². The highest BCUT2D eigenvalue weighted by molar-refractivity contribution is 8.01. The van der Waals surface area contributed by atoms with Crippen LogP contribution in [0.15, 0.2) is 42.5 Å². The Kier molecular flexibility index (Phi) is 10.2. The Hall–Kier alpha value is -1.73. The molecular formula is C29H37Cl2N3O2S. The second-order valence-corrected chi connectivity index (χ2v) is 12.3. The second-order valence-electron chi connectivity index (χ2n) is 10.1. The molecule has 1 unspecified atom stereocenters. The Morgan fingerprint density at radius 1 is 1.05 bits per heavy atom. The number of likely N-dealkylation sites (tertiary alicyclic amines) is 1. The van der Waals surface area contributed by atoms with Crippen molar-refractivity contribution in [2.24, 2.45) is 0 Å². The molecule has 0 aliphatic carbocycles. The summed E-state index contributed by atoms with van der Waals surface area (Å²) in [4.78, 5) is 27.7. The summed E-state index contributed by atoms with van der Waals surface area (Å²) in [5.74, 6) is 0.856. The van der Waals surface area contributed by atoms with Crippen LogP contribution in [-0.4, -0.2) is 53.0 Å². The van der Waals surface area contributed by atoms with E-state index in [9.17, 15) is 9.59 Å². The molecule has 0 saturated carbocycles. The van der Waals surface area contributed by atoms with Gasteiger partial charge in [0.15, 0.2) is 0 Å². The summed E-state index contributed by atoms with van der Waals surface area (Å²) in [6.07, 6.45) is 8.40. The van der Waals surface area contributed by atoms with Crippen molar-refractivity contribution in [1.82, 2.24) is 15.5 Å². The van der Waals surface area contributed by atoms with Gasteiger partial charge in [-0.25, -0.2) is 0 Å². The van der Waals surface area contributed by atoms with Gasteiger partial charge in [0.1, 0.15) is 0 Å². The zero-order chi connectivity index (χ0) is 26.3. The molecule has 0 aromatic heterocycles. The highest BCUT2D eigenvalue weighted by Gasteiger charge is 2.44. The summed E-state index contributed by atoms with van der Waals surface area (Å²) in [6, 6.07) is 13.4. The van der Waals surface area contributed by atoms with Crippen LogP contribution in [0.3, 0.4) is 0 Å². The third-order valence-electron chi connectivity index (χ3n) is 7.37. The highest BCUT2D eigenvalue weighted by atomic mass is 35.5. The summed E-state index contributed by atoms with van der Waals surface area (Å²) in [7, 11) is 0. The predicted molar refractivity (Wildman–Crippen MR) is 155 cm³/mol. The number of carbonyl (C=O) groups excluding carboxylic acids is 2. The molecule has 1 atom stereocenters. The van der Waals surface area contributed by atoms with Crippen LogP contribution in [0.1, 0.15) is 66.9 Å². The molecule has 2 heterocycles. The molecular weight excluding hydrogens is 525 g/mol. The van der Waals surface area contributed by atoms with E-state index in [4.69, 9.17) is 23.2 Å². The summed E-state index contributed by atoms with van der Waals surface area (Å²) >= 11 is 14.0. The minimum Gasteiger partial charge on any atom is -0.354 e. The lowest BCUT2D eigenvalue weighted by Gasteiger charge is -2.39. The van der Waals surface area contributed by atoms with Gasteiger partial charge in [-0.3, -0.25) is 14.9 Å². The lowest BCUT2D eigenvalue weighted by Crippen LogP contribution is -2.54. The van der Waals surface area contributed by atoms with Crippen LogP contribution in [0, 0.1) is 0 Å². The first-order valence-corrected chi connectivity index (χ1v) is 15.1. The Morgan fingerprint density at radius 3 is 2.51 bits per heavy atom. The number of hydrogen-bond acceptors (Lipinski definition) is 4. The molecule has 1 spiro atoms. The fraction of sp³-hybridized carbons (Fsp3) is 0.517. The summed E-state index contributed by atoms with van der Waals surface area (Å²) < 4.78 is 0. The molecule has 2 amide bonds. The molecule has 2 aromatic carbocycles. The van der Waals surface area contributed by atoms with Gasteiger partial charge in [-0.05, 0) is 67.5 Å². The van der Waals surface area contributed by atoms with E-state index in [-0.39, 0.29) is 22.7 Å². The van der Waals surface area contributed by atoms with Gasteiger partial charge < -0.3 is 10.2 Å². The van der Waals surface area contributed by atoms with Crippen molar-refractivity contribution in [2.45, 2.75) is 69.2 Å². The largest absolute Gasteiger partial charge is 0.354 e. The minimum atomic E-state index is -0.224. The van der Waals surface area contributed by atoms with Crippen molar-refractivity contribution >= 4 is 46.8 Å². The van der Waals surface area contributed by atoms with Gasteiger partial charge in [-0.2, -0.15) is 0 Å². The van der Waals surface area contributed by atoms with E-state index >= 15 is 0 Å². The second kappa shape index (κ2) is 13.4. The van der Waals surface area contributed by atoms with Crippen molar-refractivity contribution in [3.8, 4) is 0 Å². The van der Waals surface area contributed by atoms with Crippen LogP contribution >= 0.6 is 35.0 Å². The maximum absolute atomic E-state index is 13.1. The molecule has 4 rings (SSSR count). The fourth-order valence-electron chi connectivity index (χ4n) is 5.07. The van der Waals surface area contributed by atoms with Crippen LogP contribution in [0.2, 0.25) is 10.0 Å². The van der Waals surface area contributed by atoms with E-state index in [2.05, 4.69) is 29.7 Å². The predicted octanol–water partition coefficient (Wildman–Crippen LogP) is 6.11. The van der Waals surface area contributed by atoms with Gasteiger partial charge in [0, 0.05) is 41.0 Å². The molecule has 2 aliphatic rings. The normalized spacial score (nSPS) is 18.8. The average molecular weight is 563 g/mol. The van der Waals surface area contributed by atoms with Crippen molar-refractivity contribution < 1.29 is 9.59 Å². The number of piperidine rings is 1. The number of nitrogens with one attached hydrogen (secondary N) is 2. The number of thioether (sulfide) groups is 1. The zero-order valence-corrected chi connectivity index (χ0v) is 23.9. The van der Waals surface area contributed by atoms with E-state index in [1.54, 1.807) is 6.07 Å². The maximum Gasteiger partial charge on any atom is 0.253 e. The summed E-state index contributed by atoms with van der Waals surface area (Å²) in [5, 5.41) is 7.84. The van der Waals surface area contributed by atoms with Gasteiger partial charge in [-0.15, -0.1) is 11.8 Å². The van der Waals surface area contributed by atoms with Gasteiger partial charge in [0.25, 0.3) is 5.91 Å². The molecule has 2 saturated heterocycles. The number of rotatable bonds is 10. The first-order valence-electron chi connectivity index (χ1n) is 13.4. The monoisotopic (exact) mass is 561 g/mol. The van der Waals surface area contributed by atoms with Crippen LogP contribution in [0.4, 0.5) is 0 Å². The van der Waals surface area contributed by atoms with Gasteiger partial charge in [0.2, 0.25) is 5.91 Å². The molecule has 37 heavy (non-hydrogen) atoms. The first kappa shape index (κ1) is 28.3. The standard InChI is InChI=1S/C29H37Cl2N3O2S/c1-2-3-4-5-6-21-7-9-23(10-8-21)28(36)34-17-14-29(15-18-34)33-26(20-37-29)27(35)32-16-13-22-11-12-24(30)19-25(22)31/h7-12,19,26,33H,2-6,13-18,20H2,1H3,(H,32,35). The van der Waals surface area contributed by atoms with E-state index < -0.39 is 0 Å². The Labute approximate surface area is 235 Å². The number of amides is 2. The van der Waals surface area contributed by atoms with E-state index in [0.717, 1.165) is 36.1 Å². The molecule has 0 bridgehead atoms. The fourth-order valence-corrected chi connectivity index (χ4v) is 6.99. The highest BCUT2D eigenvalue weighted by Crippen LogP contribution is 2.39. The third-order valence-corrected chi connectivity index (χ3v) is 9.53. The molecule has 200 valence electrons. The zero-order valence-electron chi connectivity index (χ0n) is 21.5. The third kappa shape index (κ3) is 7.66. The SMILES string of the molecule is CCCCCCc1ccc(C(=O)N2CCC3(CC2)NC(C(=O)NCCc2ccc(Cl)cc2Cl)CS3)cc1. The van der Waals surface area contributed by atoms with Crippen molar-refractivity contribution in [3.05, 3.63) is 69.2 Å². The minimum absolute atomic E-state index is 0.0164. The molecule has 5 nitrogen and oxygen atoms in total. The molecule has 2 N–H and O–H groups in total. The molecule has 0 radical (unpaired) electrons. The lowest BCUT2D eigenvalue weighted by molar-refractivity contribution is -0.122. The summed E-state index contributed by atoms with van der Waals surface area (Å²) in [5.41, 5.74) is 3.03. The molecule has 8 heteroatoms. The number of unbranched alkanes of at least 4 members (excludes halogenated alkanes) is 3. The van der Waals surface area contributed by atoms with Crippen molar-refractivity contribution in [2.75, 3.05) is 25.4 Å². The Balaban J connectivity index is 1.20. The van der Waals surface area contributed by atoms with E-state index in [0.29, 0.717) is 36.1 Å². The Morgan fingerprint density at radius 2 is 1.81 bits per heavy atom. The molecule has 2 aliphatic heterocycles. The number of aryl methyl sites for hydroxylation is 1. The van der Waals surface area contributed by atoms with Crippen LogP contribution < -0.4 is 10.6 Å². The number of carbonyl (C=O) groups is 2. The van der Waals surface area contributed by atoms with Crippen LogP contribution in [0.25, 0.3) is 0 Å². The maximum atomic E-state index is 13.1. The smallest absolute Gasteiger partial charge is 0.253 e. The number of nitrogens with zero attached hydrogens (tertiary/aromatic N) is 1. The number of benzene rings is 2. The number of halogens is 2. The molecule has 2 aromatic rings. The molecule has 2 fully saturated rings. The van der Waals surface area contributed by atoms with Crippen molar-refractivity contribution in [3.63, 3.8) is 0 Å². The average Bonchev–Trinajstić information content (AvgIpc) is 3.32. The summed E-state index contributed by atoms with van der Waals surface area (Å²) in [6.45, 7) is 4.14. The number of hydrogen-bond donors (Lipinski definition) is 2. The van der Waals surface area contributed by atoms with E-state index in [1.807, 2.05) is 40.9 Å². The quantitative estimate of drug-likeness (QED) is 0.343. The van der Waals surface area contributed by atoms with Gasteiger partial charge >= 0.3 is 0 Å². The lowest BCUT2D eigenvalue weighted by atomic mass is 10.0. The van der Waals surface area contributed by atoms with Crippen molar-refractivity contribution in [1.29, 1.82) is 0 Å².